The van der Waals surface area contributed by atoms with E-state index in [2.05, 4.69) is 12.1 Å². The van der Waals surface area contributed by atoms with E-state index in [9.17, 15) is 14.4 Å². The Morgan fingerprint density at radius 2 is 1.07 bits per heavy atom. The molecule has 0 bridgehead atoms. The van der Waals surface area contributed by atoms with E-state index in [1.54, 1.807) is 4.40 Å². The van der Waals surface area contributed by atoms with Gasteiger partial charge in [0.15, 0.2) is 0 Å². The maximum absolute atomic E-state index is 14.3. The van der Waals surface area contributed by atoms with Crippen molar-refractivity contribution >= 4 is 93.1 Å². The molecule has 6 nitrogen and oxygen atoms in total. The molecule has 9 aromatic rings. The van der Waals surface area contributed by atoms with Crippen LogP contribution in [0.2, 0.25) is 0 Å². The number of rotatable bonds is 0. The van der Waals surface area contributed by atoms with Crippen molar-refractivity contribution in [1.29, 1.82) is 0 Å². The molecule has 1 aliphatic heterocycles. The van der Waals surface area contributed by atoms with Crippen LogP contribution in [0.15, 0.2) is 89.7 Å². The van der Waals surface area contributed by atoms with Crippen molar-refractivity contribution in [2.24, 2.45) is 0 Å². The third kappa shape index (κ3) is 2.26. The number of aromatic nitrogens is 2. The molecular weight excluding hydrogens is 510 g/mol. The average Bonchev–Trinajstić information content (AvgIpc) is 3.00. The molecule has 0 saturated heterocycles. The minimum Gasteiger partial charge on any atom is -0.277 e. The van der Waals surface area contributed by atoms with Crippen molar-refractivity contribution in [2.45, 2.75) is 0 Å². The third-order valence-electron chi connectivity index (χ3n) is 9.19. The first-order valence-electron chi connectivity index (χ1n) is 13.5. The summed E-state index contributed by atoms with van der Waals surface area (Å²) >= 11 is 0. The van der Waals surface area contributed by atoms with Crippen LogP contribution in [-0.2, 0) is 0 Å². The van der Waals surface area contributed by atoms with Crippen LogP contribution in [0, 0.1) is 0 Å². The molecule has 190 valence electrons. The van der Waals surface area contributed by atoms with Gasteiger partial charge in [0, 0.05) is 45.1 Å². The second kappa shape index (κ2) is 6.74. The van der Waals surface area contributed by atoms with E-state index in [4.69, 9.17) is 4.98 Å². The van der Waals surface area contributed by atoms with Crippen LogP contribution < -0.4 is 5.56 Å². The number of nitrogens with zero attached hydrogens (tertiary/aromatic N) is 3. The molecule has 6 heteroatoms. The van der Waals surface area contributed by atoms with Gasteiger partial charge in [-0.2, -0.15) is 0 Å². The zero-order valence-electron chi connectivity index (χ0n) is 21.6. The van der Waals surface area contributed by atoms with Gasteiger partial charge in [0.1, 0.15) is 5.65 Å². The van der Waals surface area contributed by atoms with Gasteiger partial charge in [-0.05, 0) is 74.1 Å². The van der Waals surface area contributed by atoms with E-state index in [0.29, 0.717) is 27.5 Å². The third-order valence-corrected chi connectivity index (χ3v) is 9.19. The molecule has 0 unspecified atom stereocenters. The topological polar surface area (TPSA) is 71.8 Å². The lowest BCUT2D eigenvalue weighted by molar-refractivity contribution is 0.0651. The molecule has 0 radical (unpaired) electrons. The SMILES string of the molecule is CN1C(=O)c2ccc3c4ccc5c(=O)n6c7cccc8cccc(nc6c6ccc(c9ccc(c2c39)C1=O)c4c56)c87. The molecule has 0 aliphatic carbocycles. The second-order valence-electron chi connectivity index (χ2n) is 11.0. The fourth-order valence-electron chi connectivity index (χ4n) is 7.43. The van der Waals surface area contributed by atoms with Gasteiger partial charge in [-0.3, -0.25) is 23.7 Å². The minimum absolute atomic E-state index is 0.0998. The number of amides is 2. The van der Waals surface area contributed by atoms with Gasteiger partial charge in [0.2, 0.25) is 0 Å². The molecule has 0 saturated carbocycles. The zero-order valence-corrected chi connectivity index (χ0v) is 21.6. The lowest BCUT2D eigenvalue weighted by atomic mass is 9.84. The Labute approximate surface area is 230 Å². The number of hydrogen-bond acceptors (Lipinski definition) is 4. The van der Waals surface area contributed by atoms with E-state index in [1.165, 1.54) is 11.9 Å². The smallest absolute Gasteiger partial charge is 0.264 e. The van der Waals surface area contributed by atoms with Crippen molar-refractivity contribution in [3.05, 3.63) is 106 Å². The number of fused-ring (bicyclic) bond motifs is 5. The largest absolute Gasteiger partial charge is 0.277 e. The predicted molar refractivity (Wildman–Crippen MR) is 163 cm³/mol. The molecule has 0 N–H and O–H groups in total. The molecule has 3 heterocycles. The summed E-state index contributed by atoms with van der Waals surface area (Å²) in [4.78, 5) is 46.7. The Morgan fingerprint density at radius 3 is 1.76 bits per heavy atom. The highest BCUT2D eigenvalue weighted by atomic mass is 16.2. The second-order valence-corrected chi connectivity index (χ2v) is 11.0. The molecule has 0 fully saturated rings. The summed E-state index contributed by atoms with van der Waals surface area (Å²) in [6, 6.07) is 27.7. The number of benzene rings is 7. The van der Waals surface area contributed by atoms with Gasteiger partial charge in [0.05, 0.1) is 11.0 Å². The Kier molecular flexibility index (Phi) is 3.49. The molecule has 2 aromatic heterocycles. The summed E-state index contributed by atoms with van der Waals surface area (Å²) in [7, 11) is 1.53. The standard InChI is InChI=1S/C35H17N3O3/c1-37-33(39)22-13-9-19-17-8-12-21-30-24(15-11-18(28(17)30)20-10-14-23(34(37)40)31(22)29(19)20)35(41)38-26-7-3-5-16-4-2-6-25(27(16)26)36-32(21)38/h2-15H,1H3. The highest BCUT2D eigenvalue weighted by Gasteiger charge is 2.32. The lowest BCUT2D eigenvalue weighted by Gasteiger charge is -2.26. The number of hydrogen-bond donors (Lipinski definition) is 0. The fraction of sp³-hybridized carbons (Fsp3) is 0.0286. The van der Waals surface area contributed by atoms with Crippen molar-refractivity contribution in [3.63, 3.8) is 0 Å². The Balaban J connectivity index is 1.47. The van der Waals surface area contributed by atoms with Crippen molar-refractivity contribution < 1.29 is 9.59 Å². The van der Waals surface area contributed by atoms with Crippen LogP contribution in [0.5, 0.6) is 0 Å². The first-order valence-corrected chi connectivity index (χ1v) is 13.5. The molecule has 7 aromatic carbocycles. The summed E-state index contributed by atoms with van der Waals surface area (Å²) in [5, 5.41) is 10.9. The van der Waals surface area contributed by atoms with Gasteiger partial charge >= 0.3 is 0 Å². The first-order chi connectivity index (χ1) is 20.0. The summed E-state index contributed by atoms with van der Waals surface area (Å²) in [6.45, 7) is 0. The molecule has 41 heavy (non-hydrogen) atoms. The van der Waals surface area contributed by atoms with E-state index in [0.717, 1.165) is 64.9 Å². The lowest BCUT2D eigenvalue weighted by Crippen LogP contribution is -2.36. The molecule has 10 rings (SSSR count). The Morgan fingerprint density at radius 1 is 0.537 bits per heavy atom. The van der Waals surface area contributed by atoms with Crippen LogP contribution in [0.1, 0.15) is 20.7 Å². The first kappa shape index (κ1) is 21.2. The van der Waals surface area contributed by atoms with Crippen molar-refractivity contribution in [3.8, 4) is 0 Å². The van der Waals surface area contributed by atoms with Gasteiger partial charge in [0.25, 0.3) is 17.4 Å². The predicted octanol–water partition coefficient (Wildman–Crippen LogP) is 6.87. The highest BCUT2D eigenvalue weighted by Crippen LogP contribution is 2.46. The Bertz CT molecular complexity index is 2700. The van der Waals surface area contributed by atoms with Crippen LogP contribution in [-0.4, -0.2) is 33.1 Å². The van der Waals surface area contributed by atoms with Gasteiger partial charge in [-0.15, -0.1) is 0 Å². The van der Waals surface area contributed by atoms with E-state index in [1.807, 2.05) is 72.8 Å². The maximum atomic E-state index is 14.3. The monoisotopic (exact) mass is 527 g/mol. The van der Waals surface area contributed by atoms with Gasteiger partial charge in [-0.1, -0.05) is 48.5 Å². The summed E-state index contributed by atoms with van der Waals surface area (Å²) in [5.74, 6) is -0.586. The van der Waals surface area contributed by atoms with Crippen LogP contribution in [0.3, 0.4) is 0 Å². The molecule has 0 atom stereocenters. The summed E-state index contributed by atoms with van der Waals surface area (Å²) in [6.07, 6.45) is 0. The Hall–Kier alpha value is -5.62. The van der Waals surface area contributed by atoms with Crippen LogP contribution >= 0.6 is 0 Å². The molecular formula is C35H17N3O3. The van der Waals surface area contributed by atoms with Gasteiger partial charge in [-0.25, -0.2) is 4.98 Å². The highest BCUT2D eigenvalue weighted by molar-refractivity contribution is 6.41. The molecule has 2 amide bonds. The van der Waals surface area contributed by atoms with Crippen molar-refractivity contribution in [2.75, 3.05) is 7.05 Å². The number of carbonyl (C=O) groups is 2. The minimum atomic E-state index is -0.293. The van der Waals surface area contributed by atoms with E-state index in [-0.39, 0.29) is 17.4 Å². The number of pyridine rings is 1. The number of carbonyl (C=O) groups excluding carboxylic acids is 2. The van der Waals surface area contributed by atoms with Crippen LogP contribution in [0.25, 0.3) is 81.3 Å². The summed E-state index contributed by atoms with van der Waals surface area (Å²) < 4.78 is 1.75. The molecule has 0 spiro atoms. The fourth-order valence-corrected chi connectivity index (χ4v) is 7.43. The normalized spacial score (nSPS) is 14.1. The maximum Gasteiger partial charge on any atom is 0.264 e. The number of imide groups is 1. The quantitative estimate of drug-likeness (QED) is 0.123. The van der Waals surface area contributed by atoms with E-state index < -0.39 is 0 Å². The zero-order chi connectivity index (χ0) is 27.3. The van der Waals surface area contributed by atoms with Crippen LogP contribution in [0.4, 0.5) is 0 Å². The van der Waals surface area contributed by atoms with E-state index >= 15 is 0 Å². The van der Waals surface area contributed by atoms with Gasteiger partial charge < -0.3 is 0 Å². The molecule has 1 aliphatic rings. The van der Waals surface area contributed by atoms with Crippen molar-refractivity contribution in [1.82, 2.24) is 14.3 Å². The average molecular weight is 528 g/mol. The summed E-state index contributed by atoms with van der Waals surface area (Å²) in [5.41, 5.74) is 3.30.